The number of halogens is 9. The molecule has 0 bridgehead atoms. The van der Waals surface area contributed by atoms with Crippen LogP contribution < -0.4 is 5.32 Å². The van der Waals surface area contributed by atoms with Crippen LogP contribution in [0.1, 0.15) is 32.1 Å². The van der Waals surface area contributed by atoms with Crippen LogP contribution in [-0.4, -0.2) is 119 Å². The average Bonchev–Trinajstić information content (AvgIpc) is 2.97. The predicted octanol–water partition coefficient (Wildman–Crippen LogP) is 8.44. The van der Waals surface area contributed by atoms with Gasteiger partial charge in [0.2, 0.25) is 0 Å². The maximum Gasteiger partial charge on any atom is 0.500 e. The predicted molar refractivity (Wildman–Crippen MR) is 187 cm³/mol. The molecule has 0 fully saturated rings. The fraction of sp³-hybridized carbons (Fsp3) is 1.00. The molecule has 0 spiro atoms. The van der Waals surface area contributed by atoms with Crippen LogP contribution in [0.3, 0.4) is 0 Å². The zero-order valence-corrected chi connectivity index (χ0v) is 37.6. The van der Waals surface area contributed by atoms with Gasteiger partial charge >= 0.3 is 61.8 Å². The number of rotatable bonds is 27. The van der Waals surface area contributed by atoms with Gasteiger partial charge in [0.05, 0.1) is 0 Å². The quantitative estimate of drug-likeness (QED) is 0.0493. The van der Waals surface area contributed by atoms with Gasteiger partial charge in [-0.25, -0.2) is 0 Å². The van der Waals surface area contributed by atoms with Gasteiger partial charge in [-0.05, 0) is 83.3 Å². The van der Waals surface area contributed by atoms with Crippen molar-refractivity contribution in [3.63, 3.8) is 0 Å². The largest absolute Gasteiger partial charge is 0.500 e. The molecule has 0 aliphatic rings. The zero-order chi connectivity index (χ0) is 40.1. The summed E-state index contributed by atoms with van der Waals surface area (Å²) in [6, 6.07) is -1.56. The van der Waals surface area contributed by atoms with Crippen LogP contribution in [0.15, 0.2) is 0 Å². The highest BCUT2D eigenvalue weighted by atomic mass is 28.5. The maximum absolute atomic E-state index is 13.6. The molecule has 0 rings (SSSR count). The van der Waals surface area contributed by atoms with Crippen LogP contribution in [0.5, 0.6) is 0 Å². The van der Waals surface area contributed by atoms with Crippen LogP contribution in [0, 0.1) is 0 Å². The van der Waals surface area contributed by atoms with Gasteiger partial charge in [0.15, 0.2) is 8.32 Å². The van der Waals surface area contributed by atoms with Crippen molar-refractivity contribution in [2.45, 2.75) is 120 Å². The standard InChI is InChI=1S/C26H58F9NO9Si6/c1-37-50(38-2,39-3)19-12-17-36-18-13-20-51(40-4,41-5)45-49(11,23-16-26(33,34)35)44-48(10,22-15-25(30,31)32)43-47(9,42-46(6,7)8)21-14-24(27,28)29/h36H,12-23H2,1-11H3. The van der Waals surface area contributed by atoms with Crippen molar-refractivity contribution in [3.05, 3.63) is 0 Å². The number of hydrogen-bond donors (Lipinski definition) is 1. The van der Waals surface area contributed by atoms with E-state index in [0.29, 0.717) is 32.0 Å². The van der Waals surface area contributed by atoms with Crippen molar-refractivity contribution in [1.82, 2.24) is 5.32 Å². The molecule has 3 unspecified atom stereocenters. The van der Waals surface area contributed by atoms with Gasteiger partial charge in [0, 0.05) is 66.9 Å². The third-order valence-corrected chi connectivity index (χ3v) is 30.1. The molecule has 10 nitrogen and oxygen atoms in total. The molecule has 0 aromatic heterocycles. The average molecular weight is 868 g/mol. The second kappa shape index (κ2) is 21.0. The molecule has 308 valence electrons. The van der Waals surface area contributed by atoms with Crippen molar-refractivity contribution in [3.8, 4) is 0 Å². The minimum Gasteiger partial charge on any atom is -0.437 e. The van der Waals surface area contributed by atoms with Crippen molar-refractivity contribution >= 4 is 51.6 Å². The van der Waals surface area contributed by atoms with Gasteiger partial charge < -0.3 is 43.9 Å². The van der Waals surface area contributed by atoms with Crippen LogP contribution in [0.4, 0.5) is 39.5 Å². The third kappa shape index (κ3) is 22.4. The van der Waals surface area contributed by atoms with Gasteiger partial charge in [-0.1, -0.05) is 0 Å². The molecule has 0 radical (unpaired) electrons. The van der Waals surface area contributed by atoms with E-state index in [-0.39, 0.29) is 6.04 Å². The molecule has 51 heavy (non-hydrogen) atoms. The highest BCUT2D eigenvalue weighted by Gasteiger charge is 2.55. The molecular formula is C26H58F9NO9Si6. The Labute approximate surface area is 303 Å². The minimum absolute atomic E-state index is 0.107. The van der Waals surface area contributed by atoms with E-state index in [1.807, 2.05) is 0 Å². The first-order valence-corrected chi connectivity index (χ1v) is 31.3. The number of alkyl halides is 9. The summed E-state index contributed by atoms with van der Waals surface area (Å²) in [5.74, 6) is 0. The Morgan fingerprint density at radius 2 is 0.706 bits per heavy atom. The van der Waals surface area contributed by atoms with Crippen molar-refractivity contribution in [2.75, 3.05) is 48.6 Å². The summed E-state index contributed by atoms with van der Waals surface area (Å²) in [6.07, 6.45) is -17.2. The first-order valence-electron chi connectivity index (χ1n) is 16.4. The van der Waals surface area contributed by atoms with E-state index in [0.717, 1.165) is 0 Å². The van der Waals surface area contributed by atoms with E-state index in [2.05, 4.69) is 5.32 Å². The molecular weight excluding hydrogens is 810 g/mol. The van der Waals surface area contributed by atoms with E-state index < -0.39 is 108 Å². The van der Waals surface area contributed by atoms with Crippen molar-refractivity contribution in [2.24, 2.45) is 0 Å². The normalized spacial score (nSPS) is 17.6. The molecule has 0 saturated carbocycles. The van der Waals surface area contributed by atoms with Gasteiger partial charge in [-0.3, -0.25) is 0 Å². The Morgan fingerprint density at radius 1 is 0.412 bits per heavy atom. The van der Waals surface area contributed by atoms with E-state index in [9.17, 15) is 39.5 Å². The fourth-order valence-electron chi connectivity index (χ4n) is 5.33. The number of hydrogen-bond acceptors (Lipinski definition) is 10. The molecule has 0 aliphatic heterocycles. The minimum atomic E-state index is -4.72. The van der Waals surface area contributed by atoms with E-state index >= 15 is 0 Å². The molecule has 0 aliphatic carbocycles. The Morgan fingerprint density at radius 3 is 1.00 bits per heavy atom. The molecule has 1 N–H and O–H groups in total. The lowest BCUT2D eigenvalue weighted by molar-refractivity contribution is -0.132. The molecule has 0 aromatic rings. The van der Waals surface area contributed by atoms with E-state index in [4.69, 9.17) is 38.6 Å². The molecule has 0 aromatic carbocycles. The summed E-state index contributed by atoms with van der Waals surface area (Å²) in [6.45, 7) is 9.86. The second-order valence-electron chi connectivity index (χ2n) is 13.6. The summed E-state index contributed by atoms with van der Waals surface area (Å²) in [7, 11) is -14.7. The Bertz CT molecular complexity index is 986. The summed E-state index contributed by atoms with van der Waals surface area (Å²) < 4.78 is 174. The first-order chi connectivity index (χ1) is 23.0. The SMILES string of the molecule is CO[Si](CCCNCCC[Si](OC)(OC)O[Si](C)(CCC(F)(F)F)O[Si](C)(CCC(F)(F)F)O[Si](C)(CCC(F)(F)F)O[Si](C)(C)C)(OC)OC. The van der Waals surface area contributed by atoms with Crippen LogP contribution in [0.25, 0.3) is 0 Å². The molecule has 0 saturated heterocycles. The summed E-state index contributed by atoms with van der Waals surface area (Å²) >= 11 is 0. The Hall–Kier alpha value is 0.271. The van der Waals surface area contributed by atoms with Crippen LogP contribution >= 0.6 is 0 Å². The maximum atomic E-state index is 13.6. The summed E-state index contributed by atoms with van der Waals surface area (Å²) in [5, 5.41) is 3.23. The van der Waals surface area contributed by atoms with Gasteiger partial charge in [-0.2, -0.15) is 39.5 Å². The first kappa shape index (κ1) is 51.3. The molecule has 0 heterocycles. The Kier molecular flexibility index (Phi) is 21.1. The second-order valence-corrected chi connectivity index (χ2v) is 35.2. The Balaban J connectivity index is 6.42. The van der Waals surface area contributed by atoms with Gasteiger partial charge in [0.1, 0.15) is 0 Å². The summed E-state index contributed by atoms with van der Waals surface area (Å²) in [5.41, 5.74) is 0. The lowest BCUT2D eigenvalue weighted by Gasteiger charge is -2.45. The van der Waals surface area contributed by atoms with Crippen molar-refractivity contribution < 1.29 is 78.1 Å². The highest BCUT2D eigenvalue weighted by molar-refractivity contribution is 6.90. The number of nitrogens with one attached hydrogen (secondary N) is 1. The van der Waals surface area contributed by atoms with Gasteiger partial charge in [-0.15, -0.1) is 0 Å². The lowest BCUT2D eigenvalue weighted by Crippen LogP contribution is -2.63. The smallest absolute Gasteiger partial charge is 0.437 e. The van der Waals surface area contributed by atoms with Crippen molar-refractivity contribution in [1.29, 1.82) is 0 Å². The van der Waals surface area contributed by atoms with E-state index in [1.54, 1.807) is 19.6 Å². The fourth-order valence-corrected chi connectivity index (χ4v) is 30.7. The van der Waals surface area contributed by atoms with Crippen LogP contribution in [-0.2, 0) is 38.6 Å². The molecule has 3 atom stereocenters. The van der Waals surface area contributed by atoms with Crippen LogP contribution in [0.2, 0.25) is 69.5 Å². The third-order valence-electron chi connectivity index (χ3n) is 7.57. The lowest BCUT2D eigenvalue weighted by atomic mass is 10.4. The topological polar surface area (TPSA) is 95.1 Å². The molecule has 0 amide bonds. The van der Waals surface area contributed by atoms with E-state index in [1.165, 1.54) is 55.2 Å². The zero-order valence-electron chi connectivity index (χ0n) is 31.6. The van der Waals surface area contributed by atoms with Gasteiger partial charge in [0.25, 0.3) is 0 Å². The summed E-state index contributed by atoms with van der Waals surface area (Å²) in [4.78, 5) is 0. The monoisotopic (exact) mass is 867 g/mol. The highest BCUT2D eigenvalue weighted by Crippen LogP contribution is 2.39. The molecule has 25 heteroatoms.